The van der Waals surface area contributed by atoms with E-state index >= 15 is 0 Å². The van der Waals surface area contributed by atoms with Gasteiger partial charge >= 0.3 is 0 Å². The van der Waals surface area contributed by atoms with E-state index in [9.17, 15) is 0 Å². The first kappa shape index (κ1) is 10.5. The smallest absolute Gasteiger partial charge is 0.276 e. The van der Waals surface area contributed by atoms with E-state index in [4.69, 9.17) is 10.2 Å². The number of hydrogen-bond donors (Lipinski definition) is 1. The summed E-state index contributed by atoms with van der Waals surface area (Å²) in [5.41, 5.74) is 5.86. The molecule has 0 aliphatic heterocycles. The zero-order chi connectivity index (χ0) is 9.84. The summed E-state index contributed by atoms with van der Waals surface area (Å²) in [5.74, 6) is 1.90. The Hall–Kier alpha value is -0.550. The van der Waals surface area contributed by atoms with Crippen LogP contribution in [-0.2, 0) is 0 Å². The monoisotopic (exact) mass is 201 g/mol. The zero-order valence-corrected chi connectivity index (χ0v) is 8.97. The molecule has 0 bridgehead atoms. The lowest BCUT2D eigenvalue weighted by molar-refractivity contribution is 0.428. The summed E-state index contributed by atoms with van der Waals surface area (Å²) < 4.78 is 5.20. The van der Waals surface area contributed by atoms with Gasteiger partial charge in [0.25, 0.3) is 5.22 Å². The van der Waals surface area contributed by atoms with Crippen molar-refractivity contribution >= 4 is 11.8 Å². The van der Waals surface area contributed by atoms with Crippen LogP contribution in [0.4, 0.5) is 0 Å². The highest BCUT2D eigenvalue weighted by Gasteiger charge is 2.10. The SMILES string of the molecule is Cc1nnc(SCC(N)C(C)C)o1. The molecule has 1 heterocycles. The minimum absolute atomic E-state index is 0.178. The number of nitrogens with two attached hydrogens (primary N) is 1. The van der Waals surface area contributed by atoms with Crippen LogP contribution in [0.1, 0.15) is 19.7 Å². The van der Waals surface area contributed by atoms with Crippen LogP contribution in [0.25, 0.3) is 0 Å². The quantitative estimate of drug-likeness (QED) is 0.747. The first-order valence-corrected chi connectivity index (χ1v) is 5.26. The van der Waals surface area contributed by atoms with Crippen LogP contribution < -0.4 is 5.73 Å². The lowest BCUT2D eigenvalue weighted by Gasteiger charge is -2.12. The van der Waals surface area contributed by atoms with Crippen molar-refractivity contribution in [2.75, 3.05) is 5.75 Å². The van der Waals surface area contributed by atoms with Crippen LogP contribution in [0.2, 0.25) is 0 Å². The van der Waals surface area contributed by atoms with Crippen molar-refractivity contribution in [3.63, 3.8) is 0 Å². The molecule has 0 amide bonds. The number of aryl methyl sites for hydroxylation is 1. The second-order valence-corrected chi connectivity index (χ2v) is 4.28. The van der Waals surface area contributed by atoms with Gasteiger partial charge in [0.1, 0.15) is 0 Å². The summed E-state index contributed by atoms with van der Waals surface area (Å²) in [6, 6.07) is 0.178. The Morgan fingerprint density at radius 2 is 2.15 bits per heavy atom. The van der Waals surface area contributed by atoms with Gasteiger partial charge < -0.3 is 10.2 Å². The molecule has 13 heavy (non-hydrogen) atoms. The molecule has 2 N–H and O–H groups in total. The van der Waals surface area contributed by atoms with Crippen molar-refractivity contribution in [2.24, 2.45) is 11.7 Å². The maximum absolute atomic E-state index is 5.86. The number of aromatic nitrogens is 2. The molecule has 5 heteroatoms. The summed E-state index contributed by atoms with van der Waals surface area (Å²) in [6.07, 6.45) is 0. The zero-order valence-electron chi connectivity index (χ0n) is 8.15. The molecule has 0 aromatic carbocycles. The fourth-order valence-corrected chi connectivity index (χ4v) is 1.69. The largest absolute Gasteiger partial charge is 0.416 e. The predicted molar refractivity (Wildman–Crippen MR) is 52.6 cm³/mol. The molecule has 0 aliphatic rings. The molecule has 1 unspecified atom stereocenters. The summed E-state index contributed by atoms with van der Waals surface area (Å²) in [7, 11) is 0. The topological polar surface area (TPSA) is 64.9 Å². The standard InChI is InChI=1S/C8H15N3OS/c1-5(2)7(9)4-13-8-11-10-6(3)12-8/h5,7H,4,9H2,1-3H3. The van der Waals surface area contributed by atoms with Gasteiger partial charge in [-0.15, -0.1) is 10.2 Å². The van der Waals surface area contributed by atoms with Crippen molar-refractivity contribution in [1.29, 1.82) is 0 Å². The number of hydrogen-bond acceptors (Lipinski definition) is 5. The average Bonchev–Trinajstić information content (AvgIpc) is 2.47. The highest BCUT2D eigenvalue weighted by molar-refractivity contribution is 7.99. The molecule has 74 valence electrons. The Morgan fingerprint density at radius 3 is 2.62 bits per heavy atom. The van der Waals surface area contributed by atoms with E-state index in [1.165, 1.54) is 11.8 Å². The predicted octanol–water partition coefficient (Wildman–Crippen LogP) is 1.45. The minimum Gasteiger partial charge on any atom is -0.416 e. The van der Waals surface area contributed by atoms with Gasteiger partial charge in [-0.2, -0.15) is 0 Å². The molecule has 0 aliphatic carbocycles. The minimum atomic E-state index is 0.178. The second-order valence-electron chi connectivity index (χ2n) is 3.31. The molecule has 4 nitrogen and oxygen atoms in total. The normalized spacial score (nSPS) is 13.6. The van der Waals surface area contributed by atoms with E-state index in [1.807, 2.05) is 0 Å². The first-order valence-electron chi connectivity index (χ1n) is 4.28. The Bertz CT molecular complexity index is 262. The number of nitrogens with zero attached hydrogens (tertiary/aromatic N) is 2. The molecular formula is C8H15N3OS. The average molecular weight is 201 g/mol. The first-order chi connectivity index (χ1) is 6.09. The van der Waals surface area contributed by atoms with Gasteiger partial charge in [0.15, 0.2) is 0 Å². The molecule has 0 spiro atoms. The third kappa shape index (κ3) is 3.36. The maximum Gasteiger partial charge on any atom is 0.276 e. The van der Waals surface area contributed by atoms with Crippen LogP contribution in [0.15, 0.2) is 9.64 Å². The van der Waals surface area contributed by atoms with Crippen molar-refractivity contribution in [3.05, 3.63) is 5.89 Å². The molecule has 1 aromatic heterocycles. The van der Waals surface area contributed by atoms with Crippen LogP contribution in [0.5, 0.6) is 0 Å². The lowest BCUT2D eigenvalue weighted by Crippen LogP contribution is -2.28. The fourth-order valence-electron chi connectivity index (χ4n) is 0.697. The van der Waals surface area contributed by atoms with Gasteiger partial charge in [-0.05, 0) is 5.92 Å². The van der Waals surface area contributed by atoms with E-state index in [0.717, 1.165) is 5.75 Å². The molecule has 0 saturated carbocycles. The summed E-state index contributed by atoms with van der Waals surface area (Å²) >= 11 is 1.51. The van der Waals surface area contributed by atoms with Crippen molar-refractivity contribution in [2.45, 2.75) is 32.0 Å². The highest BCUT2D eigenvalue weighted by Crippen LogP contribution is 2.17. The molecule has 0 saturated heterocycles. The van der Waals surface area contributed by atoms with Crippen molar-refractivity contribution < 1.29 is 4.42 Å². The van der Waals surface area contributed by atoms with E-state index in [2.05, 4.69) is 24.0 Å². The molecule has 1 rings (SSSR count). The van der Waals surface area contributed by atoms with Gasteiger partial charge in [0.05, 0.1) is 0 Å². The fraction of sp³-hybridized carbons (Fsp3) is 0.750. The van der Waals surface area contributed by atoms with Gasteiger partial charge in [0.2, 0.25) is 5.89 Å². The summed E-state index contributed by atoms with van der Waals surface area (Å²) in [4.78, 5) is 0. The third-order valence-corrected chi connectivity index (χ3v) is 2.73. The van der Waals surface area contributed by atoms with E-state index in [1.54, 1.807) is 6.92 Å². The van der Waals surface area contributed by atoms with Crippen LogP contribution in [-0.4, -0.2) is 22.0 Å². The van der Waals surface area contributed by atoms with Crippen LogP contribution in [0.3, 0.4) is 0 Å². The second kappa shape index (κ2) is 4.62. The highest BCUT2D eigenvalue weighted by atomic mass is 32.2. The van der Waals surface area contributed by atoms with Crippen molar-refractivity contribution in [1.82, 2.24) is 10.2 Å². The summed E-state index contributed by atoms with van der Waals surface area (Å²) in [6.45, 7) is 5.98. The van der Waals surface area contributed by atoms with E-state index in [-0.39, 0.29) is 6.04 Å². The molecule has 0 fully saturated rings. The molecule has 1 atom stereocenters. The Labute approximate surface area is 82.3 Å². The van der Waals surface area contributed by atoms with Gasteiger partial charge in [-0.25, -0.2) is 0 Å². The molecular weight excluding hydrogens is 186 g/mol. The van der Waals surface area contributed by atoms with Gasteiger partial charge in [0, 0.05) is 18.7 Å². The van der Waals surface area contributed by atoms with E-state index in [0.29, 0.717) is 17.0 Å². The number of rotatable bonds is 4. The molecule has 0 radical (unpaired) electrons. The lowest BCUT2D eigenvalue weighted by atomic mass is 10.1. The Kier molecular flexibility index (Phi) is 3.74. The van der Waals surface area contributed by atoms with E-state index < -0.39 is 0 Å². The van der Waals surface area contributed by atoms with Gasteiger partial charge in [-0.1, -0.05) is 25.6 Å². The molecule has 1 aromatic rings. The summed E-state index contributed by atoms with van der Waals surface area (Å²) in [5, 5.41) is 8.20. The van der Waals surface area contributed by atoms with Crippen LogP contribution >= 0.6 is 11.8 Å². The number of thioether (sulfide) groups is 1. The maximum atomic E-state index is 5.86. The Morgan fingerprint density at radius 1 is 1.46 bits per heavy atom. The third-order valence-electron chi connectivity index (χ3n) is 1.76. The van der Waals surface area contributed by atoms with Crippen LogP contribution in [0, 0.1) is 12.8 Å². The van der Waals surface area contributed by atoms with Gasteiger partial charge in [-0.3, -0.25) is 0 Å². The van der Waals surface area contributed by atoms with Crippen molar-refractivity contribution in [3.8, 4) is 0 Å². The Balaban J connectivity index is 2.35.